The van der Waals surface area contributed by atoms with Crippen molar-refractivity contribution in [2.75, 3.05) is 0 Å². The van der Waals surface area contributed by atoms with E-state index < -0.39 is 0 Å². The number of hydrogen-bond acceptors (Lipinski definition) is 1. The molecule has 0 atom stereocenters. The molecule has 0 unspecified atom stereocenters. The van der Waals surface area contributed by atoms with Crippen molar-refractivity contribution in [1.29, 1.82) is 5.26 Å². The van der Waals surface area contributed by atoms with Crippen LogP contribution in [0.1, 0.15) is 5.56 Å². The Labute approximate surface area is 288 Å². The molecular formula is C45H25N5. The smallest absolute Gasteiger partial charge is 0.211 e. The maximum Gasteiger partial charge on any atom is 0.211 e. The normalized spacial score (nSPS) is 11.1. The Hall–Kier alpha value is -7.39. The fourth-order valence-corrected chi connectivity index (χ4v) is 7.42. The zero-order valence-corrected chi connectivity index (χ0v) is 26.7. The highest BCUT2D eigenvalue weighted by atomic mass is 15.0. The fourth-order valence-electron chi connectivity index (χ4n) is 7.42. The quantitative estimate of drug-likeness (QED) is 0.177. The van der Waals surface area contributed by atoms with Crippen molar-refractivity contribution in [3.63, 3.8) is 0 Å². The molecule has 5 heteroatoms. The minimum atomic E-state index is 0.517. The molecule has 9 rings (SSSR count). The lowest BCUT2D eigenvalue weighted by Gasteiger charge is -2.17. The lowest BCUT2D eigenvalue weighted by Crippen LogP contribution is -1.98. The van der Waals surface area contributed by atoms with E-state index in [0.717, 1.165) is 77.2 Å². The van der Waals surface area contributed by atoms with Crippen LogP contribution in [0, 0.1) is 24.5 Å². The van der Waals surface area contributed by atoms with Crippen LogP contribution in [0.15, 0.2) is 152 Å². The number of para-hydroxylation sites is 4. The minimum Gasteiger partial charge on any atom is -0.328 e. The Morgan fingerprint density at radius 2 is 1.08 bits per heavy atom. The van der Waals surface area contributed by atoms with Crippen molar-refractivity contribution in [2.45, 2.75) is 0 Å². The van der Waals surface area contributed by atoms with Gasteiger partial charge in [0.05, 0.1) is 52.5 Å². The van der Waals surface area contributed by atoms with E-state index in [4.69, 9.17) is 13.1 Å². The molecule has 0 aliphatic rings. The molecule has 5 nitrogen and oxygen atoms in total. The summed E-state index contributed by atoms with van der Waals surface area (Å²) in [6, 6.07) is 53.3. The number of nitrogens with zero attached hydrogens (tertiary/aromatic N) is 5. The summed E-state index contributed by atoms with van der Waals surface area (Å²) < 4.78 is 4.36. The molecule has 0 aliphatic carbocycles. The summed E-state index contributed by atoms with van der Waals surface area (Å²) in [7, 11) is 0. The number of hydrogen-bond donors (Lipinski definition) is 0. The molecule has 0 fully saturated rings. The van der Waals surface area contributed by atoms with Gasteiger partial charge in [0, 0.05) is 21.8 Å². The lowest BCUT2D eigenvalue weighted by atomic mass is 9.97. The third-order valence-corrected chi connectivity index (χ3v) is 9.57. The summed E-state index contributed by atoms with van der Waals surface area (Å²) in [5, 5.41) is 13.8. The van der Waals surface area contributed by atoms with Crippen molar-refractivity contribution in [3.05, 3.63) is 180 Å². The highest BCUT2D eigenvalue weighted by Gasteiger charge is 2.21. The first-order valence-corrected chi connectivity index (χ1v) is 16.2. The third-order valence-electron chi connectivity index (χ3n) is 9.57. The van der Waals surface area contributed by atoms with Gasteiger partial charge < -0.3 is 9.13 Å². The van der Waals surface area contributed by atoms with Crippen LogP contribution in [0.3, 0.4) is 0 Å². The topological polar surface area (TPSA) is 42.4 Å². The first kappa shape index (κ1) is 28.8. The fraction of sp³-hybridized carbons (Fsp3) is 0. The average molecular weight is 636 g/mol. The van der Waals surface area contributed by atoms with E-state index >= 15 is 0 Å². The molecule has 2 heterocycles. The van der Waals surface area contributed by atoms with Gasteiger partial charge in [-0.05, 0) is 76.2 Å². The van der Waals surface area contributed by atoms with Gasteiger partial charge >= 0.3 is 0 Å². The summed E-state index contributed by atoms with van der Waals surface area (Å²) in [5.41, 5.74) is 11.3. The highest BCUT2D eigenvalue weighted by Crippen LogP contribution is 2.44. The summed E-state index contributed by atoms with van der Waals surface area (Å²) in [4.78, 5) is 7.90. The second-order valence-electron chi connectivity index (χ2n) is 12.3. The zero-order chi connectivity index (χ0) is 33.8. The van der Waals surface area contributed by atoms with E-state index in [1.807, 2.05) is 66.7 Å². The molecule has 0 saturated carbocycles. The Kier molecular flexibility index (Phi) is 6.56. The van der Waals surface area contributed by atoms with Crippen LogP contribution >= 0.6 is 0 Å². The van der Waals surface area contributed by atoms with Gasteiger partial charge in [-0.15, -0.1) is 0 Å². The lowest BCUT2D eigenvalue weighted by molar-refractivity contribution is 1.18. The van der Waals surface area contributed by atoms with Crippen molar-refractivity contribution in [3.8, 4) is 39.7 Å². The number of rotatable bonds is 4. The molecule has 0 bridgehead atoms. The minimum absolute atomic E-state index is 0.517. The van der Waals surface area contributed by atoms with E-state index in [-0.39, 0.29) is 0 Å². The van der Waals surface area contributed by atoms with E-state index in [0.29, 0.717) is 16.9 Å². The summed E-state index contributed by atoms with van der Waals surface area (Å²) in [6.45, 7) is 16.2. The molecule has 0 aliphatic heterocycles. The standard InChI is InChI=1S/C45H25N5/c1-47-39-19-9-17-34(44(39)50-42-22-6-3-15-35(42)37-18-10-20-40(48-2)45(37)50)32-13-7-11-30(26-32)31-12-8-14-33(27-31)49-41-21-5-4-16-36(41)38-25-29(28-46)23-24-43(38)49/h3-27H. The summed E-state index contributed by atoms with van der Waals surface area (Å²) >= 11 is 0. The van der Waals surface area contributed by atoms with Crippen molar-refractivity contribution in [1.82, 2.24) is 9.13 Å². The molecule has 2 aromatic heterocycles. The molecular weight excluding hydrogens is 611 g/mol. The molecule has 0 saturated heterocycles. The van der Waals surface area contributed by atoms with Gasteiger partial charge in [0.2, 0.25) is 11.4 Å². The van der Waals surface area contributed by atoms with Crippen LogP contribution in [0.25, 0.3) is 86.9 Å². The van der Waals surface area contributed by atoms with Crippen molar-refractivity contribution in [2.24, 2.45) is 0 Å². The largest absolute Gasteiger partial charge is 0.328 e. The Morgan fingerprint density at radius 1 is 0.480 bits per heavy atom. The number of aromatic nitrogens is 2. The van der Waals surface area contributed by atoms with Crippen LogP contribution in [-0.2, 0) is 0 Å². The maximum atomic E-state index is 9.59. The molecule has 50 heavy (non-hydrogen) atoms. The number of fused-ring (bicyclic) bond motifs is 6. The SMILES string of the molecule is [C-]#[N+]c1cccc(-c2cccc(-c3cccc(-n4c5ccccc5c5cc(C#N)ccc54)c3)c2)c1-n1c2ccccc2c2cccc([N+]#[C-])c21. The second-order valence-corrected chi connectivity index (χ2v) is 12.3. The van der Waals surface area contributed by atoms with Crippen LogP contribution in [0.5, 0.6) is 0 Å². The first-order valence-electron chi connectivity index (χ1n) is 16.2. The third kappa shape index (κ3) is 4.31. The average Bonchev–Trinajstić information content (AvgIpc) is 3.70. The van der Waals surface area contributed by atoms with Crippen LogP contribution < -0.4 is 0 Å². The number of benzene rings is 7. The molecule has 0 radical (unpaired) electrons. The molecule has 0 spiro atoms. The summed E-state index contributed by atoms with van der Waals surface area (Å²) in [6.07, 6.45) is 0. The van der Waals surface area contributed by atoms with Gasteiger partial charge in [-0.2, -0.15) is 5.26 Å². The highest BCUT2D eigenvalue weighted by molar-refractivity contribution is 6.14. The monoisotopic (exact) mass is 635 g/mol. The first-order chi connectivity index (χ1) is 24.7. The van der Waals surface area contributed by atoms with E-state index in [1.54, 1.807) is 0 Å². The maximum absolute atomic E-state index is 9.59. The van der Waals surface area contributed by atoms with Crippen LogP contribution in [0.2, 0.25) is 0 Å². The second kappa shape index (κ2) is 11.4. The van der Waals surface area contributed by atoms with Crippen LogP contribution in [-0.4, -0.2) is 9.13 Å². The van der Waals surface area contributed by atoms with Crippen molar-refractivity contribution >= 4 is 55.0 Å². The predicted molar refractivity (Wildman–Crippen MR) is 203 cm³/mol. The zero-order valence-electron chi connectivity index (χ0n) is 26.7. The van der Waals surface area contributed by atoms with Gasteiger partial charge in [-0.1, -0.05) is 103 Å². The predicted octanol–water partition coefficient (Wildman–Crippen LogP) is 12.2. The van der Waals surface area contributed by atoms with Gasteiger partial charge in [-0.25, -0.2) is 9.69 Å². The van der Waals surface area contributed by atoms with E-state index in [1.165, 1.54) is 0 Å². The summed E-state index contributed by atoms with van der Waals surface area (Å²) in [5.74, 6) is 0. The molecule has 7 aromatic carbocycles. The Balaban J connectivity index is 1.24. The van der Waals surface area contributed by atoms with E-state index in [9.17, 15) is 5.26 Å². The molecule has 0 amide bonds. The van der Waals surface area contributed by atoms with Gasteiger partial charge in [-0.3, -0.25) is 0 Å². The molecule has 9 aromatic rings. The molecule has 230 valence electrons. The van der Waals surface area contributed by atoms with Gasteiger partial charge in [0.15, 0.2) is 0 Å². The molecule has 0 N–H and O–H groups in total. The Bertz CT molecular complexity index is 2970. The number of nitriles is 1. The van der Waals surface area contributed by atoms with Crippen LogP contribution in [0.4, 0.5) is 11.4 Å². The van der Waals surface area contributed by atoms with Crippen molar-refractivity contribution < 1.29 is 0 Å². The van der Waals surface area contributed by atoms with Gasteiger partial charge in [0.25, 0.3) is 0 Å². The Morgan fingerprint density at radius 3 is 1.86 bits per heavy atom. The van der Waals surface area contributed by atoms with Gasteiger partial charge in [0.1, 0.15) is 0 Å². The van der Waals surface area contributed by atoms with E-state index in [2.05, 4.69) is 110 Å².